The van der Waals surface area contributed by atoms with Crippen molar-refractivity contribution in [2.24, 2.45) is 5.73 Å². The van der Waals surface area contributed by atoms with Crippen LogP contribution in [0.4, 0.5) is 4.39 Å². The molecule has 1 saturated heterocycles. The lowest BCUT2D eigenvalue weighted by molar-refractivity contribution is -0.120. The molecule has 20 heavy (non-hydrogen) atoms. The first-order valence-corrected chi connectivity index (χ1v) is 7.64. The number of benzene rings is 1. The Hall–Kier alpha value is -1.51. The van der Waals surface area contributed by atoms with E-state index < -0.39 is 15.8 Å². The van der Waals surface area contributed by atoms with E-state index in [4.69, 9.17) is 5.73 Å². The van der Waals surface area contributed by atoms with Gasteiger partial charge in [-0.2, -0.15) is 4.31 Å². The molecule has 0 aliphatic carbocycles. The molecule has 0 spiro atoms. The number of nitrogens with one attached hydrogen (secondary N) is 1. The molecule has 1 heterocycles. The van der Waals surface area contributed by atoms with Gasteiger partial charge in [0.2, 0.25) is 15.9 Å². The number of hydrogen-bond acceptors (Lipinski definition) is 4. The number of nitrogens with two attached hydrogens (primary N) is 1. The van der Waals surface area contributed by atoms with Gasteiger partial charge in [-0.25, -0.2) is 12.8 Å². The summed E-state index contributed by atoms with van der Waals surface area (Å²) in [6.45, 7) is 0.505. The number of nitrogens with zero attached hydrogens (tertiary/aromatic N) is 1. The summed E-state index contributed by atoms with van der Waals surface area (Å²) in [7, 11) is -3.74. The van der Waals surface area contributed by atoms with E-state index in [0.717, 1.165) is 6.07 Å². The van der Waals surface area contributed by atoms with Crippen molar-refractivity contribution in [1.82, 2.24) is 9.62 Å². The molecule has 2 rings (SSSR count). The zero-order chi connectivity index (χ0) is 14.8. The molecule has 0 radical (unpaired) electrons. The van der Waals surface area contributed by atoms with Crippen molar-refractivity contribution in [2.75, 3.05) is 19.6 Å². The van der Waals surface area contributed by atoms with Crippen LogP contribution in [0, 0.1) is 5.82 Å². The fourth-order valence-corrected chi connectivity index (χ4v) is 3.50. The van der Waals surface area contributed by atoms with E-state index in [2.05, 4.69) is 5.32 Å². The average Bonchev–Trinajstić information content (AvgIpc) is 2.64. The molecule has 6 nitrogen and oxygen atoms in total. The molecule has 1 aliphatic rings. The van der Waals surface area contributed by atoms with Crippen molar-refractivity contribution >= 4 is 15.9 Å². The highest BCUT2D eigenvalue weighted by atomic mass is 32.2. The summed E-state index contributed by atoms with van der Waals surface area (Å²) >= 11 is 0. The zero-order valence-corrected chi connectivity index (χ0v) is 11.6. The Labute approximate surface area is 116 Å². The third-order valence-corrected chi connectivity index (χ3v) is 5.04. The van der Waals surface area contributed by atoms with Gasteiger partial charge in [-0.15, -0.1) is 0 Å². The van der Waals surface area contributed by atoms with Gasteiger partial charge >= 0.3 is 0 Å². The molecule has 1 aromatic rings. The maximum Gasteiger partial charge on any atom is 0.243 e. The molecule has 0 aromatic heterocycles. The van der Waals surface area contributed by atoms with E-state index in [-0.39, 0.29) is 49.0 Å². The van der Waals surface area contributed by atoms with Crippen LogP contribution in [0.25, 0.3) is 0 Å². The van der Waals surface area contributed by atoms with Crippen LogP contribution in [0.2, 0.25) is 0 Å². The van der Waals surface area contributed by atoms with E-state index in [1.165, 1.54) is 16.4 Å². The lowest BCUT2D eigenvalue weighted by Crippen LogP contribution is -2.34. The molecule has 8 heteroatoms. The summed E-state index contributed by atoms with van der Waals surface area (Å²) in [5.74, 6) is -0.705. The van der Waals surface area contributed by atoms with Crippen molar-refractivity contribution in [3.63, 3.8) is 0 Å². The van der Waals surface area contributed by atoms with Crippen molar-refractivity contribution in [2.45, 2.75) is 17.9 Å². The van der Waals surface area contributed by atoms with Gasteiger partial charge in [-0.3, -0.25) is 4.79 Å². The quantitative estimate of drug-likeness (QED) is 0.808. The summed E-state index contributed by atoms with van der Waals surface area (Å²) in [5.41, 5.74) is 5.53. The number of amides is 1. The fourth-order valence-electron chi connectivity index (χ4n) is 2.00. The molecule has 0 unspecified atom stereocenters. The first-order valence-electron chi connectivity index (χ1n) is 6.20. The standard InChI is InChI=1S/C12H16FN3O3S/c13-11-2-1-10(7-9(11)8-14)20(18,19)16-5-3-12(17)15-4-6-16/h1-2,7H,3-6,8,14H2,(H,15,17). The maximum atomic E-state index is 13.4. The van der Waals surface area contributed by atoms with Gasteiger partial charge in [-0.05, 0) is 18.2 Å². The van der Waals surface area contributed by atoms with Crippen molar-refractivity contribution in [3.05, 3.63) is 29.6 Å². The third-order valence-electron chi connectivity index (χ3n) is 3.15. The van der Waals surface area contributed by atoms with Crippen LogP contribution < -0.4 is 11.1 Å². The van der Waals surface area contributed by atoms with Crippen molar-refractivity contribution in [3.8, 4) is 0 Å². The van der Waals surface area contributed by atoms with E-state index in [0.29, 0.717) is 0 Å². The zero-order valence-electron chi connectivity index (χ0n) is 10.8. The van der Waals surface area contributed by atoms with E-state index >= 15 is 0 Å². The molecular formula is C12H16FN3O3S. The van der Waals surface area contributed by atoms with Gasteiger partial charge in [0.15, 0.2) is 0 Å². The fraction of sp³-hybridized carbons (Fsp3) is 0.417. The molecule has 1 amide bonds. The molecule has 3 N–H and O–H groups in total. The van der Waals surface area contributed by atoms with Crippen LogP contribution in [0.15, 0.2) is 23.1 Å². The second kappa shape index (κ2) is 5.86. The van der Waals surface area contributed by atoms with Crippen LogP contribution in [-0.2, 0) is 21.4 Å². The molecular weight excluding hydrogens is 285 g/mol. The number of rotatable bonds is 3. The van der Waals surface area contributed by atoms with Gasteiger partial charge in [0.25, 0.3) is 0 Å². The molecule has 1 fully saturated rings. The third kappa shape index (κ3) is 2.97. The van der Waals surface area contributed by atoms with Gasteiger partial charge in [0.1, 0.15) is 5.82 Å². The number of hydrogen-bond donors (Lipinski definition) is 2. The topological polar surface area (TPSA) is 92.5 Å². The van der Waals surface area contributed by atoms with Crippen LogP contribution in [0.5, 0.6) is 0 Å². The van der Waals surface area contributed by atoms with Crippen LogP contribution in [0.1, 0.15) is 12.0 Å². The highest BCUT2D eigenvalue weighted by Crippen LogP contribution is 2.19. The minimum Gasteiger partial charge on any atom is -0.355 e. The van der Waals surface area contributed by atoms with E-state index in [9.17, 15) is 17.6 Å². The molecule has 110 valence electrons. The summed E-state index contributed by atoms with van der Waals surface area (Å²) in [4.78, 5) is 11.2. The predicted octanol–water partition coefficient (Wildman–Crippen LogP) is -0.205. The summed E-state index contributed by atoms with van der Waals surface area (Å²) in [5, 5.41) is 2.60. The highest BCUT2D eigenvalue weighted by Gasteiger charge is 2.27. The minimum absolute atomic E-state index is 0.00583. The van der Waals surface area contributed by atoms with E-state index in [1.807, 2.05) is 0 Å². The van der Waals surface area contributed by atoms with Crippen LogP contribution in [-0.4, -0.2) is 38.3 Å². The highest BCUT2D eigenvalue weighted by molar-refractivity contribution is 7.89. The second-order valence-corrected chi connectivity index (χ2v) is 6.40. The Morgan fingerprint density at radius 2 is 2.10 bits per heavy atom. The molecule has 0 atom stereocenters. The smallest absolute Gasteiger partial charge is 0.243 e. The van der Waals surface area contributed by atoms with Crippen LogP contribution >= 0.6 is 0 Å². The lowest BCUT2D eigenvalue weighted by Gasteiger charge is -2.19. The Balaban J connectivity index is 2.32. The minimum atomic E-state index is -3.74. The largest absolute Gasteiger partial charge is 0.355 e. The van der Waals surface area contributed by atoms with Gasteiger partial charge < -0.3 is 11.1 Å². The lowest BCUT2D eigenvalue weighted by atomic mass is 10.2. The summed E-state index contributed by atoms with van der Waals surface area (Å²) < 4.78 is 39.5. The Bertz CT molecular complexity index is 618. The monoisotopic (exact) mass is 301 g/mol. The predicted molar refractivity (Wildman–Crippen MR) is 70.7 cm³/mol. The molecule has 1 aromatic carbocycles. The Morgan fingerprint density at radius 3 is 2.80 bits per heavy atom. The van der Waals surface area contributed by atoms with Gasteiger partial charge in [0.05, 0.1) is 4.90 Å². The number of carbonyl (C=O) groups excluding carboxylic acids is 1. The second-order valence-electron chi connectivity index (χ2n) is 4.46. The Morgan fingerprint density at radius 1 is 1.35 bits per heavy atom. The number of carbonyl (C=O) groups is 1. The molecule has 1 aliphatic heterocycles. The summed E-state index contributed by atoms with van der Waals surface area (Å²) in [6, 6.07) is 3.55. The average molecular weight is 301 g/mol. The SMILES string of the molecule is NCc1cc(S(=O)(=O)N2CCNC(=O)CC2)ccc1F. The van der Waals surface area contributed by atoms with Crippen LogP contribution in [0.3, 0.4) is 0 Å². The molecule has 0 bridgehead atoms. The van der Waals surface area contributed by atoms with Gasteiger partial charge in [0, 0.05) is 38.2 Å². The number of sulfonamides is 1. The van der Waals surface area contributed by atoms with Crippen molar-refractivity contribution < 1.29 is 17.6 Å². The first-order chi connectivity index (χ1) is 9.45. The van der Waals surface area contributed by atoms with Crippen molar-refractivity contribution in [1.29, 1.82) is 0 Å². The summed E-state index contributed by atoms with van der Waals surface area (Å²) in [6.07, 6.45) is 0.115. The first kappa shape index (κ1) is 14.9. The number of halogens is 1. The maximum absolute atomic E-state index is 13.4. The normalized spacial score (nSPS) is 17.6. The Kier molecular flexibility index (Phi) is 4.36. The van der Waals surface area contributed by atoms with Gasteiger partial charge in [-0.1, -0.05) is 0 Å². The molecule has 0 saturated carbocycles. The van der Waals surface area contributed by atoms with E-state index in [1.54, 1.807) is 0 Å².